The van der Waals surface area contributed by atoms with E-state index in [2.05, 4.69) is 5.32 Å². The zero-order valence-electron chi connectivity index (χ0n) is 19.1. The van der Waals surface area contributed by atoms with E-state index in [1.807, 2.05) is 26.0 Å². The molecular formula is C26H28N2O5. The zero-order valence-corrected chi connectivity index (χ0v) is 19.1. The third-order valence-electron chi connectivity index (χ3n) is 6.33. The Balaban J connectivity index is 1.49. The number of aryl methyl sites for hydroxylation is 2. The second kappa shape index (κ2) is 9.17. The number of anilines is 1. The van der Waals surface area contributed by atoms with Gasteiger partial charge in [-0.25, -0.2) is 9.69 Å². The normalized spacial score (nSPS) is 17.0. The Kier molecular flexibility index (Phi) is 6.31. The molecule has 3 amide bonds. The van der Waals surface area contributed by atoms with Crippen molar-refractivity contribution in [1.29, 1.82) is 0 Å². The van der Waals surface area contributed by atoms with Crippen LogP contribution in [0.1, 0.15) is 81.2 Å². The SMILES string of the molecule is Cc1ccc(C)c(N2C(=O)c3ccc(C(=O)OC(C)C(=O)NC4CCCCC4)cc3C2=O)c1. The monoisotopic (exact) mass is 448 g/mol. The van der Waals surface area contributed by atoms with Gasteiger partial charge in [-0.15, -0.1) is 0 Å². The molecule has 2 aliphatic rings. The predicted molar refractivity (Wildman–Crippen MR) is 123 cm³/mol. The molecule has 0 radical (unpaired) electrons. The van der Waals surface area contributed by atoms with Crippen molar-refractivity contribution in [3.05, 3.63) is 64.2 Å². The van der Waals surface area contributed by atoms with Crippen molar-refractivity contribution in [2.75, 3.05) is 4.90 Å². The minimum absolute atomic E-state index is 0.118. The lowest BCUT2D eigenvalue weighted by Crippen LogP contribution is -2.42. The Morgan fingerprint density at radius 3 is 2.39 bits per heavy atom. The van der Waals surface area contributed by atoms with Gasteiger partial charge in [-0.1, -0.05) is 31.4 Å². The lowest BCUT2D eigenvalue weighted by Gasteiger charge is -2.24. The highest BCUT2D eigenvalue weighted by Crippen LogP contribution is 2.32. The summed E-state index contributed by atoms with van der Waals surface area (Å²) in [6.45, 7) is 5.25. The second-order valence-corrected chi connectivity index (χ2v) is 8.89. The van der Waals surface area contributed by atoms with Gasteiger partial charge in [-0.05, 0) is 69.0 Å². The van der Waals surface area contributed by atoms with E-state index in [4.69, 9.17) is 4.74 Å². The molecule has 33 heavy (non-hydrogen) atoms. The number of esters is 1. The fourth-order valence-corrected chi connectivity index (χ4v) is 4.39. The maximum absolute atomic E-state index is 13.1. The topological polar surface area (TPSA) is 92.8 Å². The molecule has 0 aromatic heterocycles. The van der Waals surface area contributed by atoms with Crippen molar-refractivity contribution in [2.24, 2.45) is 0 Å². The van der Waals surface area contributed by atoms with Crippen molar-refractivity contribution in [3.8, 4) is 0 Å². The van der Waals surface area contributed by atoms with Crippen LogP contribution in [0.2, 0.25) is 0 Å². The van der Waals surface area contributed by atoms with Crippen molar-refractivity contribution in [3.63, 3.8) is 0 Å². The zero-order chi connectivity index (χ0) is 23.7. The molecule has 0 spiro atoms. The standard InChI is InChI=1S/C26H28N2O5/c1-15-9-10-16(2)22(13-15)28-24(30)20-12-11-18(14-21(20)25(28)31)26(32)33-17(3)23(29)27-19-7-5-4-6-8-19/h9-14,17,19H,4-8H2,1-3H3,(H,27,29). The summed E-state index contributed by atoms with van der Waals surface area (Å²) < 4.78 is 5.35. The molecule has 1 fully saturated rings. The van der Waals surface area contributed by atoms with Crippen molar-refractivity contribution in [1.82, 2.24) is 5.32 Å². The third kappa shape index (κ3) is 4.53. The molecule has 1 saturated carbocycles. The molecule has 1 unspecified atom stereocenters. The van der Waals surface area contributed by atoms with Gasteiger partial charge in [0, 0.05) is 6.04 Å². The fraction of sp³-hybridized carbons (Fsp3) is 0.385. The van der Waals surface area contributed by atoms with E-state index in [-0.39, 0.29) is 28.6 Å². The number of nitrogens with one attached hydrogen (secondary N) is 1. The van der Waals surface area contributed by atoms with Crippen LogP contribution in [0.25, 0.3) is 0 Å². The summed E-state index contributed by atoms with van der Waals surface area (Å²) in [4.78, 5) is 52.3. The van der Waals surface area contributed by atoms with E-state index in [1.165, 1.54) is 31.5 Å². The molecule has 2 aromatic carbocycles. The minimum atomic E-state index is -0.962. The second-order valence-electron chi connectivity index (χ2n) is 8.89. The first-order valence-electron chi connectivity index (χ1n) is 11.4. The van der Waals surface area contributed by atoms with Crippen LogP contribution in [0.5, 0.6) is 0 Å². The van der Waals surface area contributed by atoms with E-state index in [1.54, 1.807) is 6.07 Å². The van der Waals surface area contributed by atoms with Crippen LogP contribution in [0.3, 0.4) is 0 Å². The highest BCUT2D eigenvalue weighted by atomic mass is 16.5. The number of carbonyl (C=O) groups excluding carboxylic acids is 4. The van der Waals surface area contributed by atoms with E-state index in [0.29, 0.717) is 5.69 Å². The number of benzene rings is 2. The van der Waals surface area contributed by atoms with Gasteiger partial charge in [0.25, 0.3) is 17.7 Å². The Labute approximate surface area is 193 Å². The number of amides is 3. The van der Waals surface area contributed by atoms with Gasteiger partial charge in [0.05, 0.1) is 22.4 Å². The minimum Gasteiger partial charge on any atom is -0.449 e. The number of nitrogens with zero attached hydrogens (tertiary/aromatic N) is 1. The van der Waals surface area contributed by atoms with E-state index < -0.39 is 23.9 Å². The molecule has 1 N–H and O–H groups in total. The van der Waals surface area contributed by atoms with Crippen LogP contribution in [0.15, 0.2) is 36.4 Å². The Morgan fingerprint density at radius 1 is 0.970 bits per heavy atom. The average molecular weight is 449 g/mol. The van der Waals surface area contributed by atoms with Crippen LogP contribution in [-0.4, -0.2) is 35.8 Å². The number of carbonyl (C=O) groups is 4. The molecule has 0 bridgehead atoms. The molecule has 1 heterocycles. The molecule has 7 heteroatoms. The first kappa shape index (κ1) is 22.7. The number of hydrogen-bond acceptors (Lipinski definition) is 5. The van der Waals surface area contributed by atoms with Gasteiger partial charge in [0.1, 0.15) is 0 Å². The van der Waals surface area contributed by atoms with Crippen LogP contribution in [0, 0.1) is 13.8 Å². The van der Waals surface area contributed by atoms with Gasteiger partial charge in [-0.3, -0.25) is 14.4 Å². The number of fused-ring (bicyclic) bond motifs is 1. The highest BCUT2D eigenvalue weighted by Gasteiger charge is 2.38. The lowest BCUT2D eigenvalue weighted by atomic mass is 9.95. The molecule has 4 rings (SSSR count). The third-order valence-corrected chi connectivity index (χ3v) is 6.33. The number of hydrogen-bond donors (Lipinski definition) is 1. The smallest absolute Gasteiger partial charge is 0.338 e. The summed E-state index contributed by atoms with van der Waals surface area (Å²) in [6, 6.07) is 9.96. The van der Waals surface area contributed by atoms with Crippen LogP contribution >= 0.6 is 0 Å². The summed E-state index contributed by atoms with van der Waals surface area (Å²) >= 11 is 0. The van der Waals surface area contributed by atoms with Crippen LogP contribution in [-0.2, 0) is 9.53 Å². The van der Waals surface area contributed by atoms with Gasteiger partial charge < -0.3 is 10.1 Å². The number of imide groups is 1. The van der Waals surface area contributed by atoms with E-state index in [9.17, 15) is 19.2 Å². The molecule has 1 aliphatic carbocycles. The maximum atomic E-state index is 13.1. The Bertz CT molecular complexity index is 1130. The quantitative estimate of drug-likeness (QED) is 0.549. The molecule has 7 nitrogen and oxygen atoms in total. The first-order chi connectivity index (χ1) is 15.8. The summed E-state index contributed by atoms with van der Waals surface area (Å²) in [5, 5.41) is 2.94. The Morgan fingerprint density at radius 2 is 1.67 bits per heavy atom. The summed E-state index contributed by atoms with van der Waals surface area (Å²) in [7, 11) is 0. The lowest BCUT2D eigenvalue weighted by molar-refractivity contribution is -0.130. The molecule has 1 aliphatic heterocycles. The summed E-state index contributed by atoms with van der Waals surface area (Å²) in [5.74, 6) is -1.96. The average Bonchev–Trinajstić information content (AvgIpc) is 3.05. The molecule has 172 valence electrons. The van der Waals surface area contributed by atoms with Gasteiger partial charge >= 0.3 is 5.97 Å². The predicted octanol–water partition coefficient (Wildman–Crippen LogP) is 4.10. The Hall–Kier alpha value is -3.48. The molecular weight excluding hydrogens is 420 g/mol. The van der Waals surface area contributed by atoms with Gasteiger partial charge in [0.15, 0.2) is 6.10 Å². The fourth-order valence-electron chi connectivity index (χ4n) is 4.39. The first-order valence-corrected chi connectivity index (χ1v) is 11.4. The van der Waals surface area contributed by atoms with E-state index >= 15 is 0 Å². The number of rotatable bonds is 5. The summed E-state index contributed by atoms with van der Waals surface area (Å²) in [5.41, 5.74) is 2.76. The van der Waals surface area contributed by atoms with Crippen molar-refractivity contribution >= 4 is 29.4 Å². The van der Waals surface area contributed by atoms with Crippen molar-refractivity contribution in [2.45, 2.75) is 65.0 Å². The summed E-state index contributed by atoms with van der Waals surface area (Å²) in [6.07, 6.45) is 4.25. The number of ether oxygens (including phenoxy) is 1. The highest BCUT2D eigenvalue weighted by molar-refractivity contribution is 6.35. The van der Waals surface area contributed by atoms with Crippen LogP contribution < -0.4 is 10.2 Å². The molecule has 2 aromatic rings. The maximum Gasteiger partial charge on any atom is 0.338 e. The van der Waals surface area contributed by atoms with Crippen molar-refractivity contribution < 1.29 is 23.9 Å². The van der Waals surface area contributed by atoms with Crippen LogP contribution in [0.4, 0.5) is 5.69 Å². The van der Waals surface area contributed by atoms with Gasteiger partial charge in [-0.2, -0.15) is 0 Å². The van der Waals surface area contributed by atoms with Gasteiger partial charge in [0.2, 0.25) is 0 Å². The molecule has 1 atom stereocenters. The van der Waals surface area contributed by atoms with E-state index in [0.717, 1.165) is 41.7 Å². The molecule has 0 saturated heterocycles. The largest absolute Gasteiger partial charge is 0.449 e.